The SMILES string of the molecule is CC(O)CCN(C)C(=O)C1(C)CCCc2ccccc21. The second kappa shape index (κ2) is 5.96. The number of rotatable bonds is 4. The van der Waals surface area contributed by atoms with E-state index in [4.69, 9.17) is 0 Å². The quantitative estimate of drug-likeness (QED) is 0.917. The number of aliphatic hydroxyl groups is 1. The third-order valence-electron chi connectivity index (χ3n) is 4.44. The number of aryl methyl sites for hydroxylation is 1. The summed E-state index contributed by atoms with van der Waals surface area (Å²) in [5.74, 6) is 0.172. The topological polar surface area (TPSA) is 40.5 Å². The molecule has 2 rings (SSSR count). The van der Waals surface area contributed by atoms with Gasteiger partial charge in [0, 0.05) is 13.6 Å². The number of nitrogens with zero attached hydrogens (tertiary/aromatic N) is 1. The van der Waals surface area contributed by atoms with Crippen LogP contribution in [0.15, 0.2) is 24.3 Å². The highest BCUT2D eigenvalue weighted by atomic mass is 16.3. The fraction of sp³-hybridized carbons (Fsp3) is 0.588. The van der Waals surface area contributed by atoms with E-state index in [1.165, 1.54) is 11.1 Å². The Labute approximate surface area is 121 Å². The van der Waals surface area contributed by atoms with Gasteiger partial charge in [-0.15, -0.1) is 0 Å². The standard InChI is InChI=1S/C17H25NO2/c1-13(19)10-12-18(3)16(20)17(2)11-6-8-14-7-4-5-9-15(14)17/h4-5,7,9,13,19H,6,8,10-12H2,1-3H3. The smallest absolute Gasteiger partial charge is 0.232 e. The average molecular weight is 275 g/mol. The van der Waals surface area contributed by atoms with E-state index in [-0.39, 0.29) is 12.0 Å². The lowest BCUT2D eigenvalue weighted by Gasteiger charge is -2.37. The van der Waals surface area contributed by atoms with E-state index in [9.17, 15) is 9.90 Å². The van der Waals surface area contributed by atoms with E-state index in [0.717, 1.165) is 19.3 Å². The molecule has 0 aromatic heterocycles. The maximum Gasteiger partial charge on any atom is 0.232 e. The number of fused-ring (bicyclic) bond motifs is 1. The van der Waals surface area contributed by atoms with Gasteiger partial charge in [-0.3, -0.25) is 4.79 Å². The molecule has 1 aliphatic rings. The van der Waals surface area contributed by atoms with Gasteiger partial charge < -0.3 is 10.0 Å². The molecule has 3 nitrogen and oxygen atoms in total. The Morgan fingerprint density at radius 2 is 2.15 bits per heavy atom. The van der Waals surface area contributed by atoms with Gasteiger partial charge in [0.15, 0.2) is 0 Å². The summed E-state index contributed by atoms with van der Waals surface area (Å²) in [6.45, 7) is 4.43. The molecule has 1 amide bonds. The van der Waals surface area contributed by atoms with Crippen molar-refractivity contribution in [1.82, 2.24) is 4.90 Å². The first-order chi connectivity index (χ1) is 9.45. The molecule has 0 heterocycles. The van der Waals surface area contributed by atoms with Crippen LogP contribution in [0.4, 0.5) is 0 Å². The van der Waals surface area contributed by atoms with Gasteiger partial charge in [0.1, 0.15) is 0 Å². The van der Waals surface area contributed by atoms with Crippen molar-refractivity contribution in [2.24, 2.45) is 0 Å². The summed E-state index contributed by atoms with van der Waals surface area (Å²) >= 11 is 0. The van der Waals surface area contributed by atoms with Crippen molar-refractivity contribution in [3.63, 3.8) is 0 Å². The largest absolute Gasteiger partial charge is 0.393 e. The lowest BCUT2D eigenvalue weighted by molar-refractivity contribution is -0.136. The summed E-state index contributed by atoms with van der Waals surface area (Å²) in [5.41, 5.74) is 2.07. The minimum Gasteiger partial charge on any atom is -0.393 e. The molecule has 0 saturated heterocycles. The molecule has 0 bridgehead atoms. The highest BCUT2D eigenvalue weighted by Crippen LogP contribution is 2.38. The molecule has 1 aliphatic carbocycles. The third kappa shape index (κ3) is 2.88. The summed E-state index contributed by atoms with van der Waals surface area (Å²) in [7, 11) is 1.84. The van der Waals surface area contributed by atoms with Crippen molar-refractivity contribution in [2.75, 3.05) is 13.6 Å². The first-order valence-electron chi connectivity index (χ1n) is 7.47. The van der Waals surface area contributed by atoms with Crippen LogP contribution in [0.3, 0.4) is 0 Å². The number of likely N-dealkylation sites (N-methyl/N-ethyl adjacent to an activating group) is 1. The molecule has 110 valence electrons. The molecule has 2 unspecified atom stereocenters. The van der Waals surface area contributed by atoms with Gasteiger partial charge in [-0.1, -0.05) is 24.3 Å². The van der Waals surface area contributed by atoms with Gasteiger partial charge in [0.05, 0.1) is 11.5 Å². The number of benzene rings is 1. The second-order valence-electron chi connectivity index (χ2n) is 6.21. The summed E-state index contributed by atoms with van der Waals surface area (Å²) in [6.07, 6.45) is 3.29. The van der Waals surface area contributed by atoms with Crippen molar-refractivity contribution in [3.8, 4) is 0 Å². The minimum absolute atomic E-state index is 0.172. The molecule has 0 fully saturated rings. The van der Waals surface area contributed by atoms with Gasteiger partial charge in [0.25, 0.3) is 0 Å². The molecule has 20 heavy (non-hydrogen) atoms. The van der Waals surface area contributed by atoms with E-state index >= 15 is 0 Å². The van der Waals surface area contributed by atoms with Gasteiger partial charge in [-0.25, -0.2) is 0 Å². The second-order valence-corrected chi connectivity index (χ2v) is 6.21. The lowest BCUT2D eigenvalue weighted by Crippen LogP contribution is -2.45. The van der Waals surface area contributed by atoms with Crippen LogP contribution in [0.2, 0.25) is 0 Å². The van der Waals surface area contributed by atoms with Crippen molar-refractivity contribution in [2.45, 2.75) is 51.0 Å². The zero-order chi connectivity index (χ0) is 14.8. The van der Waals surface area contributed by atoms with Crippen LogP contribution in [0.5, 0.6) is 0 Å². The van der Waals surface area contributed by atoms with Crippen molar-refractivity contribution in [1.29, 1.82) is 0 Å². The van der Waals surface area contributed by atoms with Crippen molar-refractivity contribution in [3.05, 3.63) is 35.4 Å². The number of aliphatic hydroxyl groups excluding tert-OH is 1. The summed E-state index contributed by atoms with van der Waals surface area (Å²) in [6, 6.07) is 8.29. The Balaban J connectivity index is 2.21. The van der Waals surface area contributed by atoms with Crippen LogP contribution in [-0.4, -0.2) is 35.6 Å². The molecule has 0 radical (unpaired) electrons. The number of carbonyl (C=O) groups is 1. The molecule has 0 spiro atoms. The van der Waals surface area contributed by atoms with Crippen molar-refractivity contribution < 1.29 is 9.90 Å². The lowest BCUT2D eigenvalue weighted by atomic mass is 9.70. The molecule has 0 aliphatic heterocycles. The van der Waals surface area contributed by atoms with Gasteiger partial charge >= 0.3 is 0 Å². The molecule has 1 aromatic carbocycles. The monoisotopic (exact) mass is 275 g/mol. The first kappa shape index (κ1) is 15.0. The highest BCUT2D eigenvalue weighted by molar-refractivity contribution is 5.88. The normalized spacial score (nSPS) is 23.0. The molecule has 3 heteroatoms. The number of hydrogen-bond donors (Lipinski definition) is 1. The van der Waals surface area contributed by atoms with E-state index in [1.807, 2.05) is 19.2 Å². The zero-order valence-corrected chi connectivity index (χ0v) is 12.7. The molecule has 1 N–H and O–H groups in total. The number of hydrogen-bond acceptors (Lipinski definition) is 2. The molecular weight excluding hydrogens is 250 g/mol. The van der Waals surface area contributed by atoms with E-state index in [1.54, 1.807) is 11.8 Å². The van der Waals surface area contributed by atoms with Gasteiger partial charge in [-0.05, 0) is 50.7 Å². The maximum absolute atomic E-state index is 12.8. The van der Waals surface area contributed by atoms with Crippen LogP contribution >= 0.6 is 0 Å². The zero-order valence-electron chi connectivity index (χ0n) is 12.7. The average Bonchev–Trinajstić information content (AvgIpc) is 2.44. The van der Waals surface area contributed by atoms with E-state index < -0.39 is 5.41 Å². The predicted molar refractivity (Wildman–Crippen MR) is 80.7 cm³/mol. The van der Waals surface area contributed by atoms with Crippen molar-refractivity contribution >= 4 is 5.91 Å². The van der Waals surface area contributed by atoms with Crippen LogP contribution in [0.25, 0.3) is 0 Å². The van der Waals surface area contributed by atoms with Crippen LogP contribution in [0.1, 0.15) is 44.2 Å². The minimum atomic E-state index is -0.414. The van der Waals surface area contributed by atoms with Crippen LogP contribution in [0, 0.1) is 0 Å². The fourth-order valence-electron chi connectivity index (χ4n) is 3.17. The van der Waals surface area contributed by atoms with E-state index in [0.29, 0.717) is 13.0 Å². The Kier molecular flexibility index (Phi) is 4.48. The Morgan fingerprint density at radius 3 is 2.85 bits per heavy atom. The Morgan fingerprint density at radius 1 is 1.45 bits per heavy atom. The predicted octanol–water partition coefficient (Wildman–Crippen LogP) is 2.51. The number of carbonyl (C=O) groups excluding carboxylic acids is 1. The molecule has 2 atom stereocenters. The molecule has 0 saturated carbocycles. The summed E-state index contributed by atoms with van der Waals surface area (Å²) in [5, 5.41) is 9.38. The molecule has 1 aromatic rings. The highest BCUT2D eigenvalue weighted by Gasteiger charge is 2.40. The summed E-state index contributed by atoms with van der Waals surface area (Å²) < 4.78 is 0. The molecular formula is C17H25NO2. The van der Waals surface area contributed by atoms with Gasteiger partial charge in [-0.2, -0.15) is 0 Å². The Hall–Kier alpha value is -1.35. The Bertz CT molecular complexity index is 484. The fourth-order valence-corrected chi connectivity index (χ4v) is 3.17. The third-order valence-corrected chi connectivity index (χ3v) is 4.44. The van der Waals surface area contributed by atoms with Crippen LogP contribution < -0.4 is 0 Å². The maximum atomic E-state index is 12.8. The van der Waals surface area contributed by atoms with Crippen LogP contribution in [-0.2, 0) is 16.6 Å². The number of amides is 1. The van der Waals surface area contributed by atoms with Gasteiger partial charge in [0.2, 0.25) is 5.91 Å². The van der Waals surface area contributed by atoms with E-state index in [2.05, 4.69) is 19.1 Å². The summed E-state index contributed by atoms with van der Waals surface area (Å²) in [4.78, 5) is 14.6. The first-order valence-corrected chi connectivity index (χ1v) is 7.47.